The summed E-state index contributed by atoms with van der Waals surface area (Å²) in [5, 5.41) is 2.91. The number of amides is 2. The van der Waals surface area contributed by atoms with Crippen LogP contribution in [0.1, 0.15) is 18.4 Å². The smallest absolute Gasteiger partial charge is 0.317 e. The molecule has 5 nitrogen and oxygen atoms in total. The molecule has 2 amide bonds. The fraction of sp³-hybridized carbons (Fsp3) is 0.571. The van der Waals surface area contributed by atoms with Gasteiger partial charge in [0.2, 0.25) is 0 Å². The minimum Gasteiger partial charge on any atom is -0.376 e. The van der Waals surface area contributed by atoms with Crippen LogP contribution in [-0.2, 0) is 11.2 Å². The van der Waals surface area contributed by atoms with Crippen molar-refractivity contribution in [3.63, 3.8) is 0 Å². The van der Waals surface area contributed by atoms with Gasteiger partial charge in [0.25, 0.3) is 0 Å². The molecule has 5 heteroatoms. The molecule has 0 aromatic carbocycles. The second-order valence-corrected chi connectivity index (χ2v) is 4.86. The summed E-state index contributed by atoms with van der Waals surface area (Å²) in [6.07, 6.45) is 6.72. The van der Waals surface area contributed by atoms with Gasteiger partial charge in [0, 0.05) is 39.1 Å². The molecule has 1 aliphatic heterocycles. The Balaban J connectivity index is 1.66. The number of nitrogens with one attached hydrogen (secondary N) is 1. The first-order chi connectivity index (χ1) is 9.25. The third kappa shape index (κ3) is 4.52. The lowest BCUT2D eigenvalue weighted by Crippen LogP contribution is -2.41. The van der Waals surface area contributed by atoms with Crippen LogP contribution < -0.4 is 5.32 Å². The highest BCUT2D eigenvalue weighted by Gasteiger charge is 2.19. The molecule has 1 aromatic rings. The van der Waals surface area contributed by atoms with Gasteiger partial charge in [-0.1, -0.05) is 6.07 Å². The van der Waals surface area contributed by atoms with Gasteiger partial charge in [0.1, 0.15) is 0 Å². The highest BCUT2D eigenvalue weighted by molar-refractivity contribution is 5.73. The molecule has 2 heterocycles. The third-order valence-electron chi connectivity index (χ3n) is 3.26. The largest absolute Gasteiger partial charge is 0.376 e. The number of nitrogens with zero attached hydrogens (tertiary/aromatic N) is 2. The van der Waals surface area contributed by atoms with Gasteiger partial charge >= 0.3 is 6.03 Å². The average molecular weight is 263 g/mol. The van der Waals surface area contributed by atoms with Crippen LogP contribution in [0.5, 0.6) is 0 Å². The molecule has 0 spiro atoms. The Morgan fingerprint density at radius 1 is 1.63 bits per heavy atom. The SMILES string of the molecule is CN(C[C@@H]1CCCO1)C(=O)NCCc1cccnc1. The van der Waals surface area contributed by atoms with Crippen LogP contribution in [0.2, 0.25) is 0 Å². The first kappa shape index (κ1) is 13.8. The monoisotopic (exact) mass is 263 g/mol. The molecular weight excluding hydrogens is 242 g/mol. The highest BCUT2D eigenvalue weighted by atomic mass is 16.5. The Labute approximate surface area is 114 Å². The highest BCUT2D eigenvalue weighted by Crippen LogP contribution is 2.12. The lowest BCUT2D eigenvalue weighted by atomic mass is 10.2. The van der Waals surface area contributed by atoms with Crippen LogP contribution in [-0.4, -0.2) is 48.8 Å². The first-order valence-electron chi connectivity index (χ1n) is 6.75. The summed E-state index contributed by atoms with van der Waals surface area (Å²) in [6, 6.07) is 3.87. The molecule has 0 saturated carbocycles. The van der Waals surface area contributed by atoms with E-state index in [0.717, 1.165) is 31.4 Å². The molecule has 1 N–H and O–H groups in total. The maximum absolute atomic E-state index is 11.9. The van der Waals surface area contributed by atoms with E-state index in [1.165, 1.54) is 0 Å². The fourth-order valence-electron chi connectivity index (χ4n) is 2.17. The van der Waals surface area contributed by atoms with Crippen molar-refractivity contribution < 1.29 is 9.53 Å². The quantitative estimate of drug-likeness (QED) is 0.874. The molecule has 1 fully saturated rings. The molecule has 0 unspecified atom stereocenters. The van der Waals surface area contributed by atoms with Crippen molar-refractivity contribution in [2.45, 2.75) is 25.4 Å². The van der Waals surface area contributed by atoms with Gasteiger partial charge in [-0.25, -0.2) is 4.79 Å². The number of carbonyl (C=O) groups excluding carboxylic acids is 1. The van der Waals surface area contributed by atoms with E-state index in [4.69, 9.17) is 4.74 Å². The summed E-state index contributed by atoms with van der Waals surface area (Å²) >= 11 is 0. The number of aromatic nitrogens is 1. The molecule has 104 valence electrons. The number of ether oxygens (including phenoxy) is 1. The maximum Gasteiger partial charge on any atom is 0.317 e. The predicted molar refractivity (Wildman–Crippen MR) is 72.9 cm³/mol. The third-order valence-corrected chi connectivity index (χ3v) is 3.26. The van der Waals surface area contributed by atoms with Gasteiger partial charge in [-0.15, -0.1) is 0 Å². The number of urea groups is 1. The van der Waals surface area contributed by atoms with Crippen LogP contribution >= 0.6 is 0 Å². The lowest BCUT2D eigenvalue weighted by Gasteiger charge is -2.21. The van der Waals surface area contributed by atoms with Crippen LogP contribution in [0.25, 0.3) is 0 Å². The minimum atomic E-state index is -0.0422. The Morgan fingerprint density at radius 2 is 2.53 bits per heavy atom. The molecule has 19 heavy (non-hydrogen) atoms. The zero-order valence-corrected chi connectivity index (χ0v) is 11.3. The summed E-state index contributed by atoms with van der Waals surface area (Å²) in [7, 11) is 1.81. The molecule has 1 aromatic heterocycles. The van der Waals surface area contributed by atoms with E-state index in [1.807, 2.05) is 18.3 Å². The second kappa shape index (κ2) is 7.09. The Morgan fingerprint density at radius 3 is 3.21 bits per heavy atom. The van der Waals surface area contributed by atoms with Crippen molar-refractivity contribution in [2.24, 2.45) is 0 Å². The molecule has 0 aliphatic carbocycles. The number of rotatable bonds is 5. The van der Waals surface area contributed by atoms with Crippen LogP contribution in [0.4, 0.5) is 4.79 Å². The number of pyridine rings is 1. The van der Waals surface area contributed by atoms with Crippen LogP contribution in [0.15, 0.2) is 24.5 Å². The number of hydrogen-bond acceptors (Lipinski definition) is 3. The Kier molecular flexibility index (Phi) is 5.15. The zero-order valence-electron chi connectivity index (χ0n) is 11.3. The van der Waals surface area contributed by atoms with Gasteiger partial charge in [-0.05, 0) is 30.9 Å². The van der Waals surface area contributed by atoms with Crippen molar-refractivity contribution in [3.05, 3.63) is 30.1 Å². The van der Waals surface area contributed by atoms with E-state index >= 15 is 0 Å². The molecule has 1 saturated heterocycles. The second-order valence-electron chi connectivity index (χ2n) is 4.86. The van der Waals surface area contributed by atoms with E-state index in [-0.39, 0.29) is 12.1 Å². The summed E-state index contributed by atoms with van der Waals surface area (Å²) < 4.78 is 5.52. The van der Waals surface area contributed by atoms with Crippen LogP contribution in [0.3, 0.4) is 0 Å². The van der Waals surface area contributed by atoms with Crippen molar-refractivity contribution >= 4 is 6.03 Å². The van der Waals surface area contributed by atoms with E-state index in [1.54, 1.807) is 18.1 Å². The number of hydrogen-bond donors (Lipinski definition) is 1. The summed E-state index contributed by atoms with van der Waals surface area (Å²) in [6.45, 7) is 2.11. The molecule has 0 bridgehead atoms. The van der Waals surface area contributed by atoms with Gasteiger partial charge < -0.3 is 15.0 Å². The van der Waals surface area contributed by atoms with E-state index < -0.39 is 0 Å². The van der Waals surface area contributed by atoms with Crippen molar-refractivity contribution in [3.8, 4) is 0 Å². The number of carbonyl (C=O) groups is 1. The minimum absolute atomic E-state index is 0.0422. The molecule has 1 aliphatic rings. The summed E-state index contributed by atoms with van der Waals surface area (Å²) in [5.74, 6) is 0. The summed E-state index contributed by atoms with van der Waals surface area (Å²) in [4.78, 5) is 17.6. The molecular formula is C14H21N3O2. The van der Waals surface area contributed by atoms with Gasteiger partial charge in [0.15, 0.2) is 0 Å². The van der Waals surface area contributed by atoms with Gasteiger partial charge in [-0.3, -0.25) is 4.98 Å². The van der Waals surface area contributed by atoms with Crippen molar-refractivity contribution in [1.29, 1.82) is 0 Å². The molecule has 1 atom stereocenters. The predicted octanol–water partition coefficient (Wildman–Crippen LogP) is 1.44. The first-order valence-corrected chi connectivity index (χ1v) is 6.75. The number of likely N-dealkylation sites (N-methyl/N-ethyl adjacent to an activating group) is 1. The lowest BCUT2D eigenvalue weighted by molar-refractivity contribution is 0.0875. The Hall–Kier alpha value is -1.62. The van der Waals surface area contributed by atoms with E-state index in [2.05, 4.69) is 10.3 Å². The average Bonchev–Trinajstić information content (AvgIpc) is 2.92. The van der Waals surface area contributed by atoms with Crippen LogP contribution in [0, 0.1) is 0 Å². The van der Waals surface area contributed by atoms with Crippen molar-refractivity contribution in [2.75, 3.05) is 26.7 Å². The Bertz CT molecular complexity index is 391. The standard InChI is InChI=1S/C14H21N3O2/c1-17(11-13-5-3-9-19-13)14(18)16-8-6-12-4-2-7-15-10-12/h2,4,7,10,13H,3,5-6,8-9,11H2,1H3,(H,16,18)/t13-/m0/s1. The zero-order chi connectivity index (χ0) is 13.5. The topological polar surface area (TPSA) is 54.5 Å². The summed E-state index contributed by atoms with van der Waals surface area (Å²) in [5.41, 5.74) is 1.13. The van der Waals surface area contributed by atoms with Gasteiger partial charge in [0.05, 0.1) is 6.10 Å². The molecule has 0 radical (unpaired) electrons. The van der Waals surface area contributed by atoms with E-state index in [0.29, 0.717) is 13.1 Å². The van der Waals surface area contributed by atoms with E-state index in [9.17, 15) is 4.79 Å². The maximum atomic E-state index is 11.9. The normalized spacial score (nSPS) is 18.3. The van der Waals surface area contributed by atoms with Gasteiger partial charge in [-0.2, -0.15) is 0 Å². The molecule has 2 rings (SSSR count). The fourth-order valence-corrected chi connectivity index (χ4v) is 2.17. The van der Waals surface area contributed by atoms with Crippen molar-refractivity contribution in [1.82, 2.24) is 15.2 Å².